The number of carboxylic acid groups (broad SMARTS) is 1. The molecule has 0 saturated carbocycles. The van der Waals surface area contributed by atoms with Gasteiger partial charge in [0, 0.05) is 13.1 Å². The fourth-order valence-corrected chi connectivity index (χ4v) is 0.437. The van der Waals surface area contributed by atoms with Crippen molar-refractivity contribution >= 4 is 17.9 Å². The third-order valence-electron chi connectivity index (χ3n) is 0.904. The van der Waals surface area contributed by atoms with E-state index < -0.39 is 17.9 Å². The number of amides is 3. The van der Waals surface area contributed by atoms with Crippen LogP contribution in [0, 0.1) is 0 Å². The SMILES string of the molecule is NC(=O)NCCNC(=O)C(=O)O. The van der Waals surface area contributed by atoms with E-state index in [1.807, 2.05) is 5.32 Å². The Kier molecular flexibility index (Phi) is 4.20. The van der Waals surface area contributed by atoms with Gasteiger partial charge in [-0.25, -0.2) is 9.59 Å². The standard InChI is InChI=1S/C5H9N3O4/c6-5(12)8-2-1-7-3(9)4(10)11/h1-2H2,(H,7,9)(H,10,11)(H3,6,8,12). The van der Waals surface area contributed by atoms with E-state index in [1.165, 1.54) is 0 Å². The highest BCUT2D eigenvalue weighted by Gasteiger charge is 2.08. The van der Waals surface area contributed by atoms with E-state index in [-0.39, 0.29) is 13.1 Å². The summed E-state index contributed by atoms with van der Waals surface area (Å²) in [6, 6.07) is -0.723. The summed E-state index contributed by atoms with van der Waals surface area (Å²) in [6.07, 6.45) is 0. The molecule has 0 saturated heterocycles. The predicted octanol–water partition coefficient (Wildman–Crippen LogP) is -2.14. The number of urea groups is 1. The van der Waals surface area contributed by atoms with Crippen LogP contribution < -0.4 is 16.4 Å². The molecular weight excluding hydrogens is 166 g/mol. The van der Waals surface area contributed by atoms with Crippen LogP contribution in [-0.2, 0) is 9.59 Å². The Hall–Kier alpha value is -1.79. The maximum absolute atomic E-state index is 10.3. The first-order chi connectivity index (χ1) is 5.54. The lowest BCUT2D eigenvalue weighted by atomic mass is 10.5. The molecule has 0 atom stereocenters. The van der Waals surface area contributed by atoms with Gasteiger partial charge in [-0.1, -0.05) is 0 Å². The second kappa shape index (κ2) is 4.94. The second-order valence-electron chi connectivity index (χ2n) is 1.85. The average Bonchev–Trinajstić information content (AvgIpc) is 1.97. The first-order valence-corrected chi connectivity index (χ1v) is 3.08. The van der Waals surface area contributed by atoms with Crippen molar-refractivity contribution in [3.05, 3.63) is 0 Å². The Balaban J connectivity index is 3.38. The third kappa shape index (κ3) is 5.03. The smallest absolute Gasteiger partial charge is 0.394 e. The molecule has 0 aromatic rings. The maximum atomic E-state index is 10.3. The largest absolute Gasteiger partial charge is 0.474 e. The minimum absolute atomic E-state index is 0.0358. The van der Waals surface area contributed by atoms with Gasteiger partial charge in [-0.15, -0.1) is 0 Å². The number of aliphatic carboxylic acids is 1. The topological polar surface area (TPSA) is 122 Å². The molecule has 0 unspecified atom stereocenters. The summed E-state index contributed by atoms with van der Waals surface area (Å²) in [4.78, 5) is 30.3. The van der Waals surface area contributed by atoms with Crippen molar-refractivity contribution in [2.45, 2.75) is 0 Å². The molecule has 0 aliphatic heterocycles. The van der Waals surface area contributed by atoms with Crippen LogP contribution in [0.3, 0.4) is 0 Å². The number of nitrogens with two attached hydrogens (primary N) is 1. The first kappa shape index (κ1) is 10.2. The fourth-order valence-electron chi connectivity index (χ4n) is 0.437. The number of carboxylic acids is 1. The molecule has 0 aliphatic carbocycles. The highest BCUT2D eigenvalue weighted by atomic mass is 16.4. The van der Waals surface area contributed by atoms with Gasteiger partial charge < -0.3 is 21.5 Å². The second-order valence-corrected chi connectivity index (χ2v) is 1.85. The fraction of sp³-hybridized carbons (Fsp3) is 0.400. The van der Waals surface area contributed by atoms with E-state index in [0.29, 0.717) is 0 Å². The van der Waals surface area contributed by atoms with Crippen LogP contribution in [0.25, 0.3) is 0 Å². The minimum Gasteiger partial charge on any atom is -0.474 e. The molecule has 7 nitrogen and oxygen atoms in total. The van der Waals surface area contributed by atoms with Crippen molar-refractivity contribution in [1.29, 1.82) is 0 Å². The Morgan fingerprint density at radius 1 is 1.17 bits per heavy atom. The lowest BCUT2D eigenvalue weighted by Gasteiger charge is -2.01. The molecule has 7 heteroatoms. The number of hydrogen-bond acceptors (Lipinski definition) is 3. The van der Waals surface area contributed by atoms with Crippen molar-refractivity contribution in [3.63, 3.8) is 0 Å². The zero-order chi connectivity index (χ0) is 9.56. The van der Waals surface area contributed by atoms with Crippen LogP contribution in [0.2, 0.25) is 0 Å². The summed E-state index contributed by atoms with van der Waals surface area (Å²) >= 11 is 0. The number of rotatable bonds is 3. The highest BCUT2D eigenvalue weighted by molar-refractivity contribution is 6.31. The highest BCUT2D eigenvalue weighted by Crippen LogP contribution is 1.65. The molecule has 0 heterocycles. The van der Waals surface area contributed by atoms with E-state index in [0.717, 1.165) is 0 Å². The zero-order valence-corrected chi connectivity index (χ0v) is 6.16. The number of primary amides is 1. The molecule has 5 N–H and O–H groups in total. The Morgan fingerprint density at radius 2 is 1.67 bits per heavy atom. The summed E-state index contributed by atoms with van der Waals surface area (Å²) < 4.78 is 0. The van der Waals surface area contributed by atoms with E-state index >= 15 is 0 Å². The normalized spacial score (nSPS) is 8.67. The average molecular weight is 175 g/mol. The third-order valence-corrected chi connectivity index (χ3v) is 0.904. The van der Waals surface area contributed by atoms with Crippen molar-refractivity contribution < 1.29 is 19.5 Å². The van der Waals surface area contributed by atoms with Gasteiger partial charge in [-0.3, -0.25) is 4.79 Å². The number of nitrogens with one attached hydrogen (secondary N) is 2. The van der Waals surface area contributed by atoms with Crippen LogP contribution in [0.1, 0.15) is 0 Å². The summed E-state index contributed by atoms with van der Waals surface area (Å²) in [5.74, 6) is -2.67. The molecule has 0 spiro atoms. The number of hydrogen-bond donors (Lipinski definition) is 4. The summed E-state index contributed by atoms with van der Waals surface area (Å²) in [5, 5.41) is 12.3. The Bertz CT molecular complexity index is 203. The van der Waals surface area contributed by atoms with Crippen molar-refractivity contribution in [2.24, 2.45) is 5.73 Å². The van der Waals surface area contributed by atoms with Crippen LogP contribution in [0.5, 0.6) is 0 Å². The Morgan fingerprint density at radius 3 is 2.08 bits per heavy atom. The molecule has 0 aromatic heterocycles. The molecule has 12 heavy (non-hydrogen) atoms. The van der Waals surface area contributed by atoms with Gasteiger partial charge in [0.2, 0.25) is 0 Å². The quantitative estimate of drug-likeness (QED) is 0.288. The molecule has 0 bridgehead atoms. The molecule has 0 fully saturated rings. The van der Waals surface area contributed by atoms with E-state index in [1.54, 1.807) is 0 Å². The van der Waals surface area contributed by atoms with Gasteiger partial charge in [0.1, 0.15) is 0 Å². The van der Waals surface area contributed by atoms with E-state index in [4.69, 9.17) is 10.8 Å². The summed E-state index contributed by atoms with van der Waals surface area (Å²) in [5.41, 5.74) is 4.69. The molecule has 0 aromatic carbocycles. The van der Waals surface area contributed by atoms with Gasteiger partial charge in [0.25, 0.3) is 0 Å². The summed E-state index contributed by atoms with van der Waals surface area (Å²) in [6.45, 7) is 0.141. The molecular formula is C5H9N3O4. The van der Waals surface area contributed by atoms with Crippen LogP contribution in [0.15, 0.2) is 0 Å². The number of carbonyl (C=O) groups excluding carboxylic acids is 2. The molecule has 0 radical (unpaired) electrons. The van der Waals surface area contributed by atoms with E-state index in [2.05, 4.69) is 5.32 Å². The van der Waals surface area contributed by atoms with Gasteiger partial charge >= 0.3 is 17.9 Å². The zero-order valence-electron chi connectivity index (χ0n) is 6.16. The van der Waals surface area contributed by atoms with Gasteiger partial charge in [-0.05, 0) is 0 Å². The van der Waals surface area contributed by atoms with Gasteiger partial charge in [-0.2, -0.15) is 0 Å². The van der Waals surface area contributed by atoms with Crippen LogP contribution >= 0.6 is 0 Å². The molecule has 0 rings (SSSR count). The van der Waals surface area contributed by atoms with Crippen LogP contribution in [-0.4, -0.2) is 36.1 Å². The molecule has 0 aliphatic rings. The lowest BCUT2D eigenvalue weighted by molar-refractivity contribution is -0.150. The monoisotopic (exact) mass is 175 g/mol. The maximum Gasteiger partial charge on any atom is 0.394 e. The number of carbonyl (C=O) groups is 3. The van der Waals surface area contributed by atoms with Gasteiger partial charge in [0.05, 0.1) is 0 Å². The van der Waals surface area contributed by atoms with E-state index in [9.17, 15) is 14.4 Å². The predicted molar refractivity (Wildman–Crippen MR) is 38.2 cm³/mol. The van der Waals surface area contributed by atoms with Gasteiger partial charge in [0.15, 0.2) is 0 Å². The molecule has 68 valence electrons. The Labute approximate surface area is 67.9 Å². The minimum atomic E-state index is -1.56. The van der Waals surface area contributed by atoms with Crippen molar-refractivity contribution in [2.75, 3.05) is 13.1 Å². The molecule has 3 amide bonds. The van der Waals surface area contributed by atoms with Crippen molar-refractivity contribution in [1.82, 2.24) is 10.6 Å². The van der Waals surface area contributed by atoms with Crippen LogP contribution in [0.4, 0.5) is 4.79 Å². The lowest BCUT2D eigenvalue weighted by Crippen LogP contribution is -2.39. The first-order valence-electron chi connectivity index (χ1n) is 3.08. The van der Waals surface area contributed by atoms with Crippen molar-refractivity contribution in [3.8, 4) is 0 Å². The summed E-state index contributed by atoms with van der Waals surface area (Å²) in [7, 11) is 0.